The summed E-state index contributed by atoms with van der Waals surface area (Å²) in [6, 6.07) is 11.7. The number of piperidine rings is 1. The van der Waals surface area contributed by atoms with Crippen LogP contribution in [0.2, 0.25) is 0 Å². The van der Waals surface area contributed by atoms with Gasteiger partial charge < -0.3 is 15.4 Å². The topological polar surface area (TPSA) is 143 Å². The van der Waals surface area contributed by atoms with Gasteiger partial charge in [0.1, 0.15) is 18.5 Å². The van der Waals surface area contributed by atoms with Crippen LogP contribution in [-0.2, 0) is 12.1 Å². The van der Waals surface area contributed by atoms with Gasteiger partial charge in [0, 0.05) is 60.7 Å². The predicted molar refractivity (Wildman–Crippen MR) is 152 cm³/mol. The summed E-state index contributed by atoms with van der Waals surface area (Å²) in [7, 11) is 0. The Morgan fingerprint density at radius 1 is 1.05 bits per heavy atom. The minimum atomic E-state index is -0.628. The van der Waals surface area contributed by atoms with Gasteiger partial charge in [0.05, 0.1) is 29.3 Å². The number of benzene rings is 1. The van der Waals surface area contributed by atoms with E-state index in [0.717, 1.165) is 11.1 Å². The molecule has 0 radical (unpaired) electrons. The molecule has 12 nitrogen and oxygen atoms in total. The molecule has 0 unspecified atom stereocenters. The zero-order valence-corrected chi connectivity index (χ0v) is 23.6. The molecule has 218 valence electrons. The molecule has 5 aromatic rings. The monoisotopic (exact) mass is 580 g/mol. The van der Waals surface area contributed by atoms with Gasteiger partial charge >= 0.3 is 0 Å². The molecule has 2 N–H and O–H groups in total. The van der Waals surface area contributed by atoms with Crippen molar-refractivity contribution in [1.82, 2.24) is 44.6 Å². The summed E-state index contributed by atoms with van der Waals surface area (Å²) in [6.07, 6.45) is 7.99. The van der Waals surface area contributed by atoms with Crippen LogP contribution in [0.4, 0.5) is 4.39 Å². The molecule has 43 heavy (non-hydrogen) atoms. The van der Waals surface area contributed by atoms with Crippen molar-refractivity contribution in [1.29, 1.82) is 0 Å². The fourth-order valence-electron chi connectivity index (χ4n) is 5.50. The number of hydrogen-bond acceptors (Lipinski definition) is 9. The van der Waals surface area contributed by atoms with E-state index in [2.05, 4.69) is 25.3 Å². The second-order valence-corrected chi connectivity index (χ2v) is 11.5. The van der Waals surface area contributed by atoms with Crippen LogP contribution in [0.15, 0.2) is 73.4 Å². The Bertz CT molecular complexity index is 1760. The second kappa shape index (κ2) is 10.3. The van der Waals surface area contributed by atoms with E-state index in [1.165, 1.54) is 21.6 Å². The molecule has 1 aliphatic heterocycles. The molecular formula is C30H29FN10O2. The lowest BCUT2D eigenvalue weighted by atomic mass is 9.95. The van der Waals surface area contributed by atoms with E-state index in [1.54, 1.807) is 49.2 Å². The van der Waals surface area contributed by atoms with E-state index in [9.17, 15) is 9.18 Å². The highest BCUT2D eigenvalue weighted by Gasteiger charge is 2.59. The van der Waals surface area contributed by atoms with Gasteiger partial charge in [0.15, 0.2) is 0 Å². The number of hydrogen-bond donors (Lipinski definition) is 1. The second-order valence-electron chi connectivity index (χ2n) is 11.5. The van der Waals surface area contributed by atoms with Crippen LogP contribution in [0.5, 0.6) is 5.88 Å². The van der Waals surface area contributed by atoms with Crippen LogP contribution in [0.3, 0.4) is 0 Å². The van der Waals surface area contributed by atoms with Crippen LogP contribution >= 0.6 is 0 Å². The zero-order valence-electron chi connectivity index (χ0n) is 23.6. The molecule has 0 spiro atoms. The van der Waals surface area contributed by atoms with Gasteiger partial charge in [-0.2, -0.15) is 20.1 Å². The van der Waals surface area contributed by atoms with Crippen molar-refractivity contribution in [2.45, 2.75) is 32.0 Å². The first kappa shape index (κ1) is 26.8. The molecule has 13 heteroatoms. The normalized spacial score (nSPS) is 19.3. The first-order valence-corrected chi connectivity index (χ1v) is 14.0. The number of rotatable bonds is 8. The number of amides is 1. The number of carbonyl (C=O) groups excluding carboxylic acids is 1. The average molecular weight is 581 g/mol. The number of ether oxygens (including phenoxy) is 1. The van der Waals surface area contributed by atoms with E-state index in [4.69, 9.17) is 15.5 Å². The van der Waals surface area contributed by atoms with Crippen molar-refractivity contribution in [3.63, 3.8) is 0 Å². The van der Waals surface area contributed by atoms with Crippen molar-refractivity contribution in [3.8, 4) is 23.1 Å². The number of fused-ring (bicyclic) bond motifs is 1. The summed E-state index contributed by atoms with van der Waals surface area (Å²) in [5.74, 6) is 0.747. The predicted octanol–water partition coefficient (Wildman–Crippen LogP) is 2.85. The van der Waals surface area contributed by atoms with Gasteiger partial charge in [-0.3, -0.25) is 4.79 Å². The van der Waals surface area contributed by atoms with Gasteiger partial charge in [0.25, 0.3) is 5.91 Å². The molecule has 1 saturated heterocycles. The molecule has 1 aliphatic carbocycles. The SMILES string of the molecule is CC(C)(N)c1cc(O[C@H]2[C@@H]3CN(C(=O)c4cn(-c5ncccn5)nc4Cn4nccn4)C[C@@H]32)nc(-c2ccc(F)cc2)c1. The summed E-state index contributed by atoms with van der Waals surface area (Å²) in [5, 5.41) is 12.9. The number of nitrogens with zero attached hydrogens (tertiary/aromatic N) is 9. The van der Waals surface area contributed by atoms with Crippen molar-refractivity contribution < 1.29 is 13.9 Å². The molecule has 0 bridgehead atoms. The number of likely N-dealkylation sites (tertiary alicyclic amines) is 1. The van der Waals surface area contributed by atoms with Crippen molar-refractivity contribution in [3.05, 3.63) is 96.1 Å². The smallest absolute Gasteiger partial charge is 0.257 e. The maximum absolute atomic E-state index is 13.7. The van der Waals surface area contributed by atoms with E-state index < -0.39 is 5.54 Å². The van der Waals surface area contributed by atoms with Crippen molar-refractivity contribution in [2.75, 3.05) is 13.1 Å². The fraction of sp³-hybridized carbons (Fsp3) is 0.300. The van der Waals surface area contributed by atoms with Crippen molar-refractivity contribution in [2.24, 2.45) is 17.6 Å². The Kier molecular flexibility index (Phi) is 6.46. The minimum Gasteiger partial charge on any atom is -0.474 e. The zero-order chi connectivity index (χ0) is 29.7. The minimum absolute atomic E-state index is 0.0676. The largest absolute Gasteiger partial charge is 0.474 e. The molecule has 4 aromatic heterocycles. The summed E-state index contributed by atoms with van der Waals surface area (Å²) in [5.41, 5.74) is 9.07. The molecule has 3 atom stereocenters. The molecular weight excluding hydrogens is 551 g/mol. The summed E-state index contributed by atoms with van der Waals surface area (Å²) in [6.45, 7) is 5.16. The Hall–Kier alpha value is -5.04. The average Bonchev–Trinajstić information content (AvgIpc) is 3.51. The van der Waals surface area contributed by atoms with E-state index in [-0.39, 0.29) is 36.2 Å². The molecule has 2 fully saturated rings. The number of nitrogens with two attached hydrogens (primary N) is 1. The molecule has 1 amide bonds. The van der Waals surface area contributed by atoms with Gasteiger partial charge in [-0.1, -0.05) is 0 Å². The van der Waals surface area contributed by atoms with Crippen LogP contribution in [-0.4, -0.2) is 69.7 Å². The summed E-state index contributed by atoms with van der Waals surface area (Å²) < 4.78 is 21.4. The highest BCUT2D eigenvalue weighted by Crippen LogP contribution is 2.48. The van der Waals surface area contributed by atoms with Gasteiger partial charge in [-0.15, -0.1) is 0 Å². The Balaban J connectivity index is 1.08. The number of halogens is 1. The van der Waals surface area contributed by atoms with Crippen LogP contribution in [0.25, 0.3) is 17.2 Å². The van der Waals surface area contributed by atoms with E-state index in [1.807, 2.05) is 30.9 Å². The third-order valence-electron chi connectivity index (χ3n) is 7.88. The van der Waals surface area contributed by atoms with Gasteiger partial charge in [0.2, 0.25) is 11.8 Å². The Morgan fingerprint density at radius 2 is 1.74 bits per heavy atom. The van der Waals surface area contributed by atoms with Crippen LogP contribution in [0, 0.1) is 17.7 Å². The third-order valence-corrected chi connectivity index (χ3v) is 7.88. The van der Waals surface area contributed by atoms with E-state index >= 15 is 0 Å². The maximum Gasteiger partial charge on any atom is 0.257 e. The number of pyridine rings is 1. The number of aromatic nitrogens is 8. The lowest BCUT2D eigenvalue weighted by Crippen LogP contribution is -2.34. The summed E-state index contributed by atoms with van der Waals surface area (Å²) in [4.78, 5) is 30.3. The van der Waals surface area contributed by atoms with Gasteiger partial charge in [-0.25, -0.2) is 24.0 Å². The molecule has 1 aromatic carbocycles. The van der Waals surface area contributed by atoms with Crippen molar-refractivity contribution >= 4 is 5.91 Å². The number of carbonyl (C=O) groups is 1. The first-order chi connectivity index (χ1) is 20.7. The lowest BCUT2D eigenvalue weighted by Gasteiger charge is -2.22. The van der Waals surface area contributed by atoms with Crippen LogP contribution < -0.4 is 10.5 Å². The molecule has 1 saturated carbocycles. The van der Waals surface area contributed by atoms with Crippen LogP contribution in [0.1, 0.15) is 35.5 Å². The van der Waals surface area contributed by atoms with Gasteiger partial charge in [-0.05, 0) is 55.8 Å². The molecule has 2 aliphatic rings. The quantitative estimate of drug-likeness (QED) is 0.293. The third kappa shape index (κ3) is 5.34. The Morgan fingerprint density at radius 3 is 2.42 bits per heavy atom. The first-order valence-electron chi connectivity index (χ1n) is 14.0. The highest BCUT2D eigenvalue weighted by atomic mass is 19.1. The molecule has 5 heterocycles. The maximum atomic E-state index is 13.7. The highest BCUT2D eigenvalue weighted by molar-refractivity contribution is 5.95. The van der Waals surface area contributed by atoms with E-state index in [0.29, 0.717) is 41.9 Å². The fourth-order valence-corrected chi connectivity index (χ4v) is 5.50. The summed E-state index contributed by atoms with van der Waals surface area (Å²) >= 11 is 0. The Labute approximate surface area is 246 Å². The molecule has 7 rings (SSSR count). The lowest BCUT2D eigenvalue weighted by molar-refractivity contribution is 0.0750. The standard InChI is InChI=1S/C30H29FN10O2/c1-30(2,32)19-12-24(18-4-6-20(31)7-5-18)37-26(13-19)43-27-21-14-39(15-22(21)27)28(42)23-16-40(29-33-8-3-9-34-29)38-25(23)17-41-35-10-11-36-41/h3-13,16,21-22,27H,14-15,17,32H2,1-2H3/t21-,22+,27+.